The van der Waals surface area contributed by atoms with E-state index in [1.54, 1.807) is 11.3 Å². The summed E-state index contributed by atoms with van der Waals surface area (Å²) in [4.78, 5) is 5.83. The number of alkyl halides is 2. The van der Waals surface area contributed by atoms with Crippen LogP contribution in [0.25, 0.3) is 0 Å². The molecule has 0 spiro atoms. The van der Waals surface area contributed by atoms with E-state index in [2.05, 4.69) is 4.98 Å². The van der Waals surface area contributed by atoms with Gasteiger partial charge in [-0.05, 0) is 31.2 Å². The Bertz CT molecular complexity index is 712. The zero-order valence-electron chi connectivity index (χ0n) is 11.5. The van der Waals surface area contributed by atoms with Gasteiger partial charge in [-0.1, -0.05) is 0 Å². The van der Waals surface area contributed by atoms with Crippen molar-refractivity contribution in [2.75, 3.05) is 11.9 Å². The molecule has 1 heterocycles. The van der Waals surface area contributed by atoms with Gasteiger partial charge in [-0.3, -0.25) is 0 Å². The average molecular weight is 332 g/mol. The van der Waals surface area contributed by atoms with Gasteiger partial charge in [0, 0.05) is 18.1 Å². The van der Waals surface area contributed by atoms with Crippen molar-refractivity contribution in [3.63, 3.8) is 0 Å². The second-order valence-electron chi connectivity index (χ2n) is 4.51. The molecule has 0 aliphatic heterocycles. The number of halogens is 2. The first-order chi connectivity index (χ1) is 9.80. The Labute approximate surface area is 126 Å². The van der Waals surface area contributed by atoms with E-state index in [4.69, 9.17) is 0 Å². The van der Waals surface area contributed by atoms with Gasteiger partial charge < -0.3 is 4.90 Å². The fraction of sp³-hybridized carbons (Fsp3) is 0.308. The van der Waals surface area contributed by atoms with Gasteiger partial charge in [0.15, 0.2) is 0 Å². The summed E-state index contributed by atoms with van der Waals surface area (Å²) in [6.45, 7) is 2.48. The third-order valence-corrected chi connectivity index (χ3v) is 5.13. The summed E-state index contributed by atoms with van der Waals surface area (Å²) in [5.41, 5.74) is 1.64. The molecule has 114 valence electrons. The first kappa shape index (κ1) is 15.8. The van der Waals surface area contributed by atoms with Crippen LogP contribution in [-0.2, 0) is 16.4 Å². The number of benzene rings is 1. The lowest BCUT2D eigenvalue weighted by Crippen LogP contribution is -2.17. The molecule has 0 radical (unpaired) electrons. The highest BCUT2D eigenvalue weighted by atomic mass is 32.2. The number of sulfone groups is 1. The molecule has 1 aromatic heterocycles. The van der Waals surface area contributed by atoms with E-state index in [1.165, 1.54) is 24.3 Å². The second-order valence-corrected chi connectivity index (χ2v) is 7.49. The smallest absolute Gasteiger partial charge is 0.341 e. The highest BCUT2D eigenvalue weighted by molar-refractivity contribution is 7.91. The second kappa shape index (κ2) is 6.07. The molecule has 4 nitrogen and oxygen atoms in total. The van der Waals surface area contributed by atoms with Crippen LogP contribution in [0.1, 0.15) is 10.7 Å². The van der Waals surface area contributed by atoms with Crippen molar-refractivity contribution in [2.45, 2.75) is 24.1 Å². The number of anilines is 1. The van der Waals surface area contributed by atoms with Crippen molar-refractivity contribution in [1.82, 2.24) is 4.98 Å². The predicted molar refractivity (Wildman–Crippen MR) is 78.6 cm³/mol. The van der Waals surface area contributed by atoms with Crippen LogP contribution in [0.2, 0.25) is 0 Å². The lowest BCUT2D eigenvalue weighted by molar-refractivity contribution is 0.234. The zero-order valence-corrected chi connectivity index (χ0v) is 13.1. The minimum Gasteiger partial charge on any atom is -0.369 e. The van der Waals surface area contributed by atoms with Gasteiger partial charge in [0.05, 0.1) is 22.1 Å². The number of hydrogen-bond acceptors (Lipinski definition) is 5. The van der Waals surface area contributed by atoms with Gasteiger partial charge in [-0.2, -0.15) is 8.78 Å². The first-order valence-corrected chi connectivity index (χ1v) is 8.47. The fourth-order valence-corrected chi connectivity index (χ4v) is 3.13. The minimum atomic E-state index is -4.54. The van der Waals surface area contributed by atoms with Crippen LogP contribution < -0.4 is 4.90 Å². The van der Waals surface area contributed by atoms with Gasteiger partial charge in [0.1, 0.15) is 0 Å². The van der Waals surface area contributed by atoms with Crippen LogP contribution in [0.15, 0.2) is 34.5 Å². The molecule has 2 aromatic rings. The Morgan fingerprint density at radius 1 is 1.29 bits per heavy atom. The zero-order chi connectivity index (χ0) is 15.6. The summed E-state index contributed by atoms with van der Waals surface area (Å²) in [7, 11) is -2.71. The maximum atomic E-state index is 12.4. The standard InChI is InChI=1S/C13H14F2N2O2S2/c1-9-16-10(8-20-9)7-17(2)11-3-5-12(6-4-11)21(18,19)13(14)15/h3-6,8,13H,7H2,1-2H3. The fourth-order valence-electron chi connectivity index (χ4n) is 1.81. The molecule has 0 unspecified atom stereocenters. The Morgan fingerprint density at radius 2 is 1.90 bits per heavy atom. The number of nitrogens with zero attached hydrogens (tertiary/aromatic N) is 2. The molecule has 0 bridgehead atoms. The van der Waals surface area contributed by atoms with Crippen LogP contribution in [0.3, 0.4) is 0 Å². The molecule has 0 fully saturated rings. The molecular weight excluding hydrogens is 318 g/mol. The third kappa shape index (κ3) is 3.56. The molecule has 0 aliphatic carbocycles. The molecule has 2 rings (SSSR count). The highest BCUT2D eigenvalue weighted by Crippen LogP contribution is 2.22. The quantitative estimate of drug-likeness (QED) is 0.844. The normalized spacial score (nSPS) is 11.9. The molecule has 0 atom stereocenters. The summed E-state index contributed by atoms with van der Waals surface area (Å²) >= 11 is 1.55. The van der Waals surface area contributed by atoms with Crippen LogP contribution in [0, 0.1) is 6.92 Å². The van der Waals surface area contributed by atoms with Crippen molar-refractivity contribution in [3.8, 4) is 0 Å². The largest absolute Gasteiger partial charge is 0.369 e. The number of hydrogen-bond donors (Lipinski definition) is 0. The molecule has 0 saturated carbocycles. The van der Waals surface area contributed by atoms with Crippen molar-refractivity contribution >= 4 is 26.9 Å². The van der Waals surface area contributed by atoms with Gasteiger partial charge in [-0.25, -0.2) is 13.4 Å². The van der Waals surface area contributed by atoms with E-state index in [0.717, 1.165) is 16.4 Å². The summed E-state index contributed by atoms with van der Waals surface area (Å²) in [5, 5.41) is 2.92. The van der Waals surface area contributed by atoms with E-state index in [-0.39, 0.29) is 4.90 Å². The lowest BCUT2D eigenvalue weighted by atomic mass is 10.3. The van der Waals surface area contributed by atoms with Gasteiger partial charge >= 0.3 is 5.76 Å². The Morgan fingerprint density at radius 3 is 2.38 bits per heavy atom. The van der Waals surface area contributed by atoms with Crippen LogP contribution in [-0.4, -0.2) is 26.2 Å². The van der Waals surface area contributed by atoms with Gasteiger partial charge in [0.25, 0.3) is 0 Å². The predicted octanol–water partition coefficient (Wildman–Crippen LogP) is 3.08. The van der Waals surface area contributed by atoms with Crippen LogP contribution in [0.4, 0.5) is 14.5 Å². The number of thiazole rings is 1. The summed E-state index contributed by atoms with van der Waals surface area (Å²) in [6.07, 6.45) is 0. The minimum absolute atomic E-state index is 0.376. The van der Waals surface area contributed by atoms with E-state index < -0.39 is 15.6 Å². The Kier molecular flexibility index (Phi) is 4.58. The monoisotopic (exact) mass is 332 g/mol. The molecule has 0 amide bonds. The van der Waals surface area contributed by atoms with Crippen molar-refractivity contribution in [2.24, 2.45) is 0 Å². The molecule has 8 heteroatoms. The molecule has 0 N–H and O–H groups in total. The van der Waals surface area contributed by atoms with Crippen molar-refractivity contribution in [3.05, 3.63) is 40.3 Å². The number of aromatic nitrogens is 1. The van der Waals surface area contributed by atoms with E-state index in [1.807, 2.05) is 24.3 Å². The van der Waals surface area contributed by atoms with Gasteiger partial charge in [0.2, 0.25) is 9.84 Å². The van der Waals surface area contributed by atoms with E-state index >= 15 is 0 Å². The molecule has 0 aliphatic rings. The third-order valence-electron chi connectivity index (χ3n) is 2.91. The lowest BCUT2D eigenvalue weighted by Gasteiger charge is -2.18. The Balaban J connectivity index is 2.15. The molecular formula is C13H14F2N2O2S2. The topological polar surface area (TPSA) is 50.3 Å². The van der Waals surface area contributed by atoms with E-state index in [0.29, 0.717) is 6.54 Å². The molecule has 0 saturated heterocycles. The number of rotatable bonds is 5. The average Bonchev–Trinajstić information content (AvgIpc) is 2.84. The molecule has 21 heavy (non-hydrogen) atoms. The summed E-state index contributed by atoms with van der Waals surface area (Å²) in [6, 6.07) is 5.40. The van der Waals surface area contributed by atoms with Crippen LogP contribution >= 0.6 is 11.3 Å². The van der Waals surface area contributed by atoms with E-state index in [9.17, 15) is 17.2 Å². The number of aryl methyl sites for hydroxylation is 1. The molecule has 1 aromatic carbocycles. The highest BCUT2D eigenvalue weighted by Gasteiger charge is 2.26. The maximum Gasteiger partial charge on any atom is 0.341 e. The van der Waals surface area contributed by atoms with Crippen LogP contribution in [0.5, 0.6) is 0 Å². The first-order valence-electron chi connectivity index (χ1n) is 6.05. The SMILES string of the molecule is Cc1nc(CN(C)c2ccc(S(=O)(=O)C(F)F)cc2)cs1. The maximum absolute atomic E-state index is 12.4. The summed E-state index contributed by atoms with van der Waals surface area (Å²) < 4.78 is 47.6. The van der Waals surface area contributed by atoms with Crippen molar-refractivity contribution in [1.29, 1.82) is 0 Å². The summed E-state index contributed by atoms with van der Waals surface area (Å²) in [5.74, 6) is -3.40. The van der Waals surface area contributed by atoms with Crippen molar-refractivity contribution < 1.29 is 17.2 Å². The van der Waals surface area contributed by atoms with Gasteiger partial charge in [-0.15, -0.1) is 11.3 Å². The Hall–Kier alpha value is -1.54.